The van der Waals surface area contributed by atoms with Gasteiger partial charge in [-0.3, -0.25) is 129 Å². The molecule has 7 unspecified atom stereocenters. The van der Waals surface area contributed by atoms with Crippen LogP contribution < -0.4 is 90.9 Å². The van der Waals surface area contributed by atoms with Crippen molar-refractivity contribution in [1.29, 1.82) is 0 Å². The molecular weight excluding hydrogens is 2160 g/mol. The number of aliphatic hydroxyl groups excluding tert-OH is 2. The van der Waals surface area contributed by atoms with Crippen molar-refractivity contribution in [2.75, 3.05) is 81.5 Å². The molecule has 0 radical (unpaired) electrons. The quantitative estimate of drug-likeness (QED) is 0.0159. The maximum Gasteiger partial charge on any atom is 0.472 e. The monoisotopic (exact) mass is 2250 g/mol. The van der Waals surface area contributed by atoms with Crippen LogP contribution in [-0.2, 0) is 133 Å². The van der Waals surface area contributed by atoms with Crippen LogP contribution in [0.4, 0.5) is 29.1 Å². The maximum absolute atomic E-state index is 14.5. The van der Waals surface area contributed by atoms with E-state index in [0.29, 0.717) is 0 Å². The summed E-state index contributed by atoms with van der Waals surface area (Å²) in [6.45, 7) is -8.87. The second-order valence-electron chi connectivity index (χ2n) is 33.8. The number of hydrogen-bond acceptors (Lipinski definition) is 52. The van der Waals surface area contributed by atoms with Gasteiger partial charge in [0, 0.05) is 119 Å². The van der Waals surface area contributed by atoms with Gasteiger partial charge in [-0.05, 0) is 30.3 Å². The van der Waals surface area contributed by atoms with Crippen molar-refractivity contribution in [1.82, 2.24) is 76.4 Å². The average Bonchev–Trinajstić information content (AvgIpc) is 1.65. The first-order valence-corrected chi connectivity index (χ1v) is 54.5. The minimum atomic E-state index is -5.79. The van der Waals surface area contributed by atoms with Crippen molar-refractivity contribution < 1.29 is 178 Å². The van der Waals surface area contributed by atoms with Crippen LogP contribution >= 0.6 is 54.8 Å². The number of nitrogens with one attached hydrogen (secondary N) is 3. The second-order valence-corrected chi connectivity index (χ2v) is 43.6. The summed E-state index contributed by atoms with van der Waals surface area (Å²) in [4.78, 5) is 245. The van der Waals surface area contributed by atoms with Crippen molar-refractivity contribution in [3.05, 3.63) is 213 Å². The zero-order valence-corrected chi connectivity index (χ0v) is 82.4. The summed E-state index contributed by atoms with van der Waals surface area (Å²) in [5.41, 5.74) is 17.7. The Kier molecular flexibility index (Phi) is 34.1. The van der Waals surface area contributed by atoms with E-state index in [2.05, 4.69) is 24.9 Å². The first-order valence-electron chi connectivity index (χ1n) is 44.0. The van der Waals surface area contributed by atoms with Crippen LogP contribution in [0.1, 0.15) is 101 Å². The molecule has 16 rings (SSSR count). The molecule has 8 fully saturated rings. The molecular formula is C72H94N21O49P7. The van der Waals surface area contributed by atoms with Crippen molar-refractivity contribution in [3.63, 3.8) is 0 Å². The zero-order chi connectivity index (χ0) is 107. The fourth-order valence-electron chi connectivity index (χ4n) is 16.7. The van der Waals surface area contributed by atoms with Crippen LogP contribution in [0.2, 0.25) is 0 Å². The summed E-state index contributed by atoms with van der Waals surface area (Å²) in [7, 11) is -39.3. The molecule has 8 aromatic rings. The number of nitrogens with zero attached hydrogens (tertiary/aromatic N) is 13. The van der Waals surface area contributed by atoms with Crippen LogP contribution in [0.3, 0.4) is 0 Å². The SMILES string of the molecule is Nc1ccn([C@H]2C[C@H](OP(=O)(O)OC[C@H]3O[C@@H](n4ccc(N)nc4=O)C[C@@H]3OP(=O)(O)OC[C@H]3O[C@@H](n4ccc(N)nc4=O)C[C@@H]3OP(=O)(O)OC[C@H]3O[C@@H](n4ccc(=O)[nH]c4=O)C[C@@H]3OP(=O)(O)OC[C@H]3O[C@@H](n4ccc(N)nc4=O)C[C@@H]3OP(=O)(O)OC[C@H]3O[C@@H](n4ccc(N)nc4=O)C[C@@H]3OP(=O)(O)OC[C@H]3O[C@@H](n4ccc(=O)[nH]c4=O)C[C@@H]3OP(=O)(O)OC[C@H]3O[C@@H](n4ccc(=O)[nH]c4=O)C[C@@H]3O)[C@@H](CO)O2)c(=O)n1. The normalized spacial score (nSPS) is 30.9. The van der Waals surface area contributed by atoms with Gasteiger partial charge in [0.05, 0.1) is 59.0 Å². The molecule has 77 heteroatoms. The molecule has 0 spiro atoms. The summed E-state index contributed by atoms with van der Waals surface area (Å²) in [6, 6.07) is 8.55. The van der Waals surface area contributed by atoms with Gasteiger partial charge >= 0.3 is 100 Å². The number of aliphatic hydroxyl groups is 2. The van der Waals surface area contributed by atoms with Crippen molar-refractivity contribution in [2.24, 2.45) is 0 Å². The van der Waals surface area contributed by atoms with Gasteiger partial charge in [-0.15, -0.1) is 0 Å². The smallest absolute Gasteiger partial charge is 0.394 e. The lowest BCUT2D eigenvalue weighted by Gasteiger charge is -2.26. The highest BCUT2D eigenvalue weighted by Gasteiger charge is 2.54. The lowest BCUT2D eigenvalue weighted by Crippen LogP contribution is -2.32. The van der Waals surface area contributed by atoms with Gasteiger partial charge in [0.1, 0.15) is 170 Å². The Hall–Kier alpha value is -10.2. The average molecular weight is 2250 g/mol. The number of aromatic amines is 3. The van der Waals surface area contributed by atoms with Gasteiger partial charge in [0.25, 0.3) is 16.7 Å². The zero-order valence-electron chi connectivity index (χ0n) is 76.1. The number of phosphoric ester groups is 7. The minimum Gasteiger partial charge on any atom is -0.394 e. The molecule has 8 aliphatic heterocycles. The van der Waals surface area contributed by atoms with Crippen LogP contribution in [0, 0.1) is 0 Å². The van der Waals surface area contributed by atoms with Crippen LogP contribution in [0.5, 0.6) is 0 Å². The fraction of sp³-hybridized carbons (Fsp3) is 0.556. The number of aromatic nitrogens is 16. The van der Waals surface area contributed by atoms with Crippen LogP contribution in [-0.4, -0.2) is 271 Å². The number of rotatable bonds is 44. The molecule has 0 aliphatic carbocycles. The Bertz CT molecular complexity index is 7330. The molecule has 816 valence electrons. The van der Waals surface area contributed by atoms with E-state index in [0.717, 1.165) is 116 Å². The summed E-state index contributed by atoms with van der Waals surface area (Å²) < 4.78 is 229. The number of H-pyrrole nitrogens is 3. The second kappa shape index (κ2) is 45.6. The molecule has 0 bridgehead atoms. The molecule has 16 heterocycles. The Morgan fingerprint density at radius 2 is 0.436 bits per heavy atom. The van der Waals surface area contributed by atoms with E-state index in [1.54, 1.807) is 0 Å². The topological polar surface area (TPSA) is 974 Å². The third-order valence-corrected chi connectivity index (χ3v) is 30.7. The number of anilines is 5. The van der Waals surface area contributed by atoms with Gasteiger partial charge in [-0.1, -0.05) is 0 Å². The summed E-state index contributed by atoms with van der Waals surface area (Å²) in [6.07, 6.45) is -35.8. The molecule has 8 aliphatic rings. The third kappa shape index (κ3) is 28.1. The summed E-state index contributed by atoms with van der Waals surface area (Å²) >= 11 is 0. The van der Waals surface area contributed by atoms with Gasteiger partial charge in [0.15, 0.2) is 0 Å². The van der Waals surface area contributed by atoms with Crippen LogP contribution in [0.25, 0.3) is 0 Å². The van der Waals surface area contributed by atoms with E-state index >= 15 is 0 Å². The predicted molar refractivity (Wildman–Crippen MR) is 484 cm³/mol. The van der Waals surface area contributed by atoms with E-state index < -0.39 is 356 Å². The number of nitrogen functional groups attached to an aromatic ring is 5. The Balaban J connectivity index is 0.581. The molecule has 22 N–H and O–H groups in total. The van der Waals surface area contributed by atoms with E-state index in [1.807, 2.05) is 15.0 Å². The van der Waals surface area contributed by atoms with Crippen LogP contribution in [0.15, 0.2) is 151 Å². The lowest BCUT2D eigenvalue weighted by atomic mass is 10.2. The number of phosphoric acid groups is 7. The van der Waals surface area contributed by atoms with Gasteiger partial charge in [0.2, 0.25) is 0 Å². The molecule has 0 aromatic carbocycles. The van der Waals surface area contributed by atoms with E-state index in [-0.39, 0.29) is 41.9 Å². The largest absolute Gasteiger partial charge is 0.472 e. The fourth-order valence-corrected chi connectivity index (χ4v) is 23.5. The standard InChI is InChI=1S/C72H94N21O49P7/c73-49-1-9-86(65(99)78-49)58-18-34(41(25-94)128-58)136-144(109,110)122-27-43-35(19-59(130-43)87-10-2-50(74)79-66(87)100)138-145(111,112)123-28-44-38(22-62(131-44)90-13-5-53(77)82-69(90)103)141-148(117,118)127-32-48-40(24-64(135-48)93-16-8-56(98)85-72(93)106)142-149(119,120)125-30-46-36(20-60(133-46)88-11-3-51(75)80-67(88)101)139-146(113,114)124-29-45-37(21-61(132-45)89-12-4-52(76)81-68(89)102)140-147(115,116)126-31-47-39(23-63(134-47)92-15-7-55(97)84-71(92)105)137-143(107,108)121-26-42-33(95)17-57(129-42)91-14-6-54(96)83-70(91)104/h1-16,33-48,57-64,94-95H,17-32H2,(H,107,108)(H,109,110)(H,111,112)(H,113,114)(H,115,116)(H,117,118)(H,119,120)(H2,73,78,99)(H2,74,79,100)(H2,75,80,101)(H2,76,81,102)(H2,77,82,103)(H,83,96,104)(H,84,97,105)(H,85,98,106)/t33-,34-,35-,36-,37-,38-,39-,40-,41+,42+,43+,44+,45+,46+,47+,48+,57+,58+,59+,60+,61+,62+,63+,64+/m0/s1. The molecule has 8 saturated heterocycles. The Morgan fingerprint density at radius 1 is 0.268 bits per heavy atom. The Labute approximate surface area is 828 Å². The summed E-state index contributed by atoms with van der Waals surface area (Å²) in [5, 5.41) is 20.9. The van der Waals surface area contributed by atoms with Crippen molar-refractivity contribution >= 4 is 83.8 Å². The molecule has 0 saturated carbocycles. The molecule has 31 atom stereocenters. The van der Waals surface area contributed by atoms with Gasteiger partial charge in [-0.2, -0.15) is 24.9 Å². The Morgan fingerprint density at radius 3 is 0.631 bits per heavy atom. The number of hydrogen-bond donors (Lipinski definition) is 17. The molecule has 8 aromatic heterocycles. The third-order valence-electron chi connectivity index (χ3n) is 23.6. The van der Waals surface area contributed by atoms with E-state index in [1.165, 1.54) is 18.3 Å². The maximum atomic E-state index is 14.5. The molecule has 0 amide bonds. The minimum absolute atomic E-state index is 0.143. The molecule has 149 heavy (non-hydrogen) atoms. The molecule has 70 nitrogen and oxygen atoms in total. The first-order chi connectivity index (χ1) is 70.2. The van der Waals surface area contributed by atoms with Gasteiger partial charge < -0.3 is 111 Å². The lowest BCUT2D eigenvalue weighted by molar-refractivity contribution is -0.0664. The highest BCUT2D eigenvalue weighted by molar-refractivity contribution is 7.49. The number of nitrogens with two attached hydrogens (primary N) is 5. The predicted octanol–water partition coefficient (Wildman–Crippen LogP) is -5.00. The number of ether oxygens (including phenoxy) is 8. The summed E-state index contributed by atoms with van der Waals surface area (Å²) in [5.74, 6) is -1.28. The highest BCUT2D eigenvalue weighted by atomic mass is 31.2. The first kappa shape index (κ1) is 111. The highest BCUT2D eigenvalue weighted by Crippen LogP contribution is 2.59. The van der Waals surface area contributed by atoms with E-state index in [4.69, 9.17) is 130 Å². The van der Waals surface area contributed by atoms with Crippen molar-refractivity contribution in [3.8, 4) is 0 Å². The van der Waals surface area contributed by atoms with Crippen molar-refractivity contribution in [2.45, 2.75) is 199 Å². The van der Waals surface area contributed by atoms with E-state index in [9.17, 15) is 129 Å². The van der Waals surface area contributed by atoms with Gasteiger partial charge in [-0.25, -0.2) is 70.3 Å².